The van der Waals surface area contributed by atoms with Crippen LogP contribution in [0.3, 0.4) is 0 Å². The number of anilines is 2. The minimum atomic E-state index is -0.213. The first-order chi connectivity index (χ1) is 10.0. The van der Waals surface area contributed by atoms with E-state index in [1.807, 2.05) is 13.8 Å². The molecule has 1 aromatic heterocycles. The number of primary amides is 1. The maximum atomic E-state index is 11.0. The second-order valence-electron chi connectivity index (χ2n) is 5.54. The van der Waals surface area contributed by atoms with Crippen LogP contribution in [0, 0.1) is 12.8 Å². The number of hydrogen-bond donors (Lipinski definition) is 3. The summed E-state index contributed by atoms with van der Waals surface area (Å²) in [5, 5.41) is 0. The molecule has 7 nitrogen and oxygen atoms in total. The van der Waals surface area contributed by atoms with Gasteiger partial charge in [0.1, 0.15) is 17.5 Å². The van der Waals surface area contributed by atoms with Crippen LogP contribution in [0.5, 0.6) is 0 Å². The molecule has 0 aromatic carbocycles. The van der Waals surface area contributed by atoms with E-state index in [1.54, 1.807) is 0 Å². The van der Waals surface area contributed by atoms with Crippen LogP contribution in [-0.4, -0.2) is 29.0 Å². The second kappa shape index (κ2) is 6.71. The Hall–Kier alpha value is -1.89. The third-order valence-corrected chi connectivity index (χ3v) is 4.02. The standard InChI is InChI=1S/C14H24N6O/c1-3-12-17-13(19-16)9(2)14(18-12)20-6-4-10(5-7-20)8-11(15)21/h10H,3-8,16H2,1-2H3,(H2,15,21)(H,17,18,19). The number of hydrogen-bond acceptors (Lipinski definition) is 6. The molecule has 0 spiro atoms. The molecule has 1 aliphatic heterocycles. The number of carbonyl (C=O) groups excluding carboxylic acids is 1. The normalized spacial score (nSPS) is 16.0. The number of nitrogens with two attached hydrogens (primary N) is 2. The summed E-state index contributed by atoms with van der Waals surface area (Å²) in [5.74, 6) is 8.11. The molecule has 116 valence electrons. The van der Waals surface area contributed by atoms with Crippen molar-refractivity contribution in [1.29, 1.82) is 0 Å². The van der Waals surface area contributed by atoms with E-state index in [2.05, 4.69) is 20.3 Å². The van der Waals surface area contributed by atoms with Crippen LogP contribution in [-0.2, 0) is 11.2 Å². The smallest absolute Gasteiger partial charge is 0.217 e. The van der Waals surface area contributed by atoms with Gasteiger partial charge in [-0.15, -0.1) is 0 Å². The number of rotatable bonds is 5. The van der Waals surface area contributed by atoms with Gasteiger partial charge in [-0.25, -0.2) is 15.8 Å². The van der Waals surface area contributed by atoms with E-state index in [4.69, 9.17) is 11.6 Å². The van der Waals surface area contributed by atoms with Crippen LogP contribution in [0.4, 0.5) is 11.6 Å². The summed E-state index contributed by atoms with van der Waals surface area (Å²) in [6, 6.07) is 0. The van der Waals surface area contributed by atoms with Gasteiger partial charge in [-0.05, 0) is 25.7 Å². The van der Waals surface area contributed by atoms with E-state index in [1.165, 1.54) is 0 Å². The Labute approximate surface area is 125 Å². The molecule has 1 aromatic rings. The molecule has 2 heterocycles. The lowest BCUT2D eigenvalue weighted by Gasteiger charge is -2.33. The lowest BCUT2D eigenvalue weighted by Crippen LogP contribution is -2.36. The zero-order valence-electron chi connectivity index (χ0n) is 12.7. The molecule has 0 radical (unpaired) electrons. The van der Waals surface area contributed by atoms with E-state index < -0.39 is 0 Å². The Bertz CT molecular complexity index is 510. The van der Waals surface area contributed by atoms with Gasteiger partial charge in [0.25, 0.3) is 0 Å². The van der Waals surface area contributed by atoms with Gasteiger partial charge >= 0.3 is 0 Å². The summed E-state index contributed by atoms with van der Waals surface area (Å²) in [4.78, 5) is 22.3. The first-order valence-electron chi connectivity index (χ1n) is 7.42. The van der Waals surface area contributed by atoms with E-state index in [-0.39, 0.29) is 5.91 Å². The Morgan fingerprint density at radius 2 is 2.05 bits per heavy atom. The molecule has 0 atom stereocenters. The molecule has 0 unspecified atom stereocenters. The van der Waals surface area contributed by atoms with Crippen molar-refractivity contribution < 1.29 is 4.79 Å². The molecule has 1 amide bonds. The Morgan fingerprint density at radius 3 is 2.57 bits per heavy atom. The highest BCUT2D eigenvalue weighted by molar-refractivity contribution is 5.74. The number of carbonyl (C=O) groups is 1. The Kier molecular flexibility index (Phi) is 4.95. The summed E-state index contributed by atoms with van der Waals surface area (Å²) >= 11 is 0. The molecule has 0 saturated carbocycles. The van der Waals surface area contributed by atoms with Crippen LogP contribution in [0.1, 0.15) is 37.6 Å². The van der Waals surface area contributed by atoms with Crippen molar-refractivity contribution in [2.75, 3.05) is 23.4 Å². The van der Waals surface area contributed by atoms with Crippen LogP contribution < -0.4 is 21.9 Å². The van der Waals surface area contributed by atoms with Crippen molar-refractivity contribution in [2.24, 2.45) is 17.5 Å². The average Bonchev–Trinajstić information content (AvgIpc) is 2.48. The summed E-state index contributed by atoms with van der Waals surface area (Å²) in [6.45, 7) is 5.75. The van der Waals surface area contributed by atoms with E-state index in [0.29, 0.717) is 18.2 Å². The third kappa shape index (κ3) is 3.60. The Morgan fingerprint density at radius 1 is 1.38 bits per heavy atom. The number of nitrogens with zero attached hydrogens (tertiary/aromatic N) is 3. The molecule has 0 aliphatic carbocycles. The molecule has 5 N–H and O–H groups in total. The number of amides is 1. The summed E-state index contributed by atoms with van der Waals surface area (Å²) in [6.07, 6.45) is 3.16. The molecule has 7 heteroatoms. The number of nitrogen functional groups attached to an aromatic ring is 1. The van der Waals surface area contributed by atoms with Crippen molar-refractivity contribution in [1.82, 2.24) is 9.97 Å². The molecule has 1 aliphatic rings. The fraction of sp³-hybridized carbons (Fsp3) is 0.643. The van der Waals surface area contributed by atoms with Gasteiger partial charge in [-0.1, -0.05) is 6.92 Å². The largest absolute Gasteiger partial charge is 0.370 e. The molecule has 21 heavy (non-hydrogen) atoms. The van der Waals surface area contributed by atoms with E-state index >= 15 is 0 Å². The highest BCUT2D eigenvalue weighted by Gasteiger charge is 2.23. The van der Waals surface area contributed by atoms with Gasteiger partial charge in [0, 0.05) is 31.5 Å². The lowest BCUT2D eigenvalue weighted by atomic mass is 9.93. The highest BCUT2D eigenvalue weighted by Crippen LogP contribution is 2.28. The summed E-state index contributed by atoms with van der Waals surface area (Å²) in [5.41, 5.74) is 8.88. The van der Waals surface area contributed by atoms with Gasteiger partial charge in [0.15, 0.2) is 0 Å². The second-order valence-corrected chi connectivity index (χ2v) is 5.54. The molecular weight excluding hydrogens is 268 g/mol. The van der Waals surface area contributed by atoms with Gasteiger partial charge in [-0.2, -0.15) is 0 Å². The monoisotopic (exact) mass is 292 g/mol. The predicted octanol–water partition coefficient (Wildman–Crippen LogP) is 0.725. The predicted molar refractivity (Wildman–Crippen MR) is 82.7 cm³/mol. The number of nitrogens with one attached hydrogen (secondary N) is 1. The van der Waals surface area contributed by atoms with Crippen LogP contribution in [0.15, 0.2) is 0 Å². The fourth-order valence-electron chi connectivity index (χ4n) is 2.79. The molecule has 2 rings (SSSR count). The van der Waals surface area contributed by atoms with E-state index in [9.17, 15) is 4.79 Å². The number of aromatic nitrogens is 2. The fourth-order valence-corrected chi connectivity index (χ4v) is 2.79. The number of piperidine rings is 1. The van der Waals surface area contributed by atoms with Gasteiger partial charge < -0.3 is 16.1 Å². The van der Waals surface area contributed by atoms with Crippen LogP contribution >= 0.6 is 0 Å². The van der Waals surface area contributed by atoms with Gasteiger partial charge in [0.2, 0.25) is 5.91 Å². The molecular formula is C14H24N6O. The quantitative estimate of drug-likeness (QED) is 0.545. The SMILES string of the molecule is CCc1nc(NN)c(C)c(N2CCC(CC(N)=O)CC2)n1. The zero-order valence-corrected chi connectivity index (χ0v) is 12.7. The lowest BCUT2D eigenvalue weighted by molar-refractivity contribution is -0.119. The maximum Gasteiger partial charge on any atom is 0.217 e. The number of aryl methyl sites for hydroxylation is 1. The molecule has 0 bridgehead atoms. The minimum absolute atomic E-state index is 0.213. The zero-order chi connectivity index (χ0) is 15.4. The first kappa shape index (κ1) is 15.5. The number of hydrazine groups is 1. The summed E-state index contributed by atoms with van der Waals surface area (Å²) < 4.78 is 0. The van der Waals surface area contributed by atoms with Crippen molar-refractivity contribution in [3.63, 3.8) is 0 Å². The third-order valence-electron chi connectivity index (χ3n) is 4.02. The maximum absolute atomic E-state index is 11.0. The van der Waals surface area contributed by atoms with Gasteiger partial charge in [0.05, 0.1) is 0 Å². The van der Waals surface area contributed by atoms with Crippen LogP contribution in [0.25, 0.3) is 0 Å². The van der Waals surface area contributed by atoms with Crippen molar-refractivity contribution in [3.05, 3.63) is 11.4 Å². The molecule has 1 fully saturated rings. The van der Waals surface area contributed by atoms with Crippen molar-refractivity contribution in [3.8, 4) is 0 Å². The first-order valence-corrected chi connectivity index (χ1v) is 7.42. The average molecular weight is 292 g/mol. The Balaban J connectivity index is 2.14. The topological polar surface area (TPSA) is 110 Å². The summed E-state index contributed by atoms with van der Waals surface area (Å²) in [7, 11) is 0. The molecule has 1 saturated heterocycles. The van der Waals surface area contributed by atoms with E-state index in [0.717, 1.165) is 49.6 Å². The minimum Gasteiger partial charge on any atom is -0.370 e. The van der Waals surface area contributed by atoms with Crippen LogP contribution in [0.2, 0.25) is 0 Å². The highest BCUT2D eigenvalue weighted by atomic mass is 16.1. The van der Waals surface area contributed by atoms with Crippen molar-refractivity contribution >= 4 is 17.5 Å². The van der Waals surface area contributed by atoms with Crippen molar-refractivity contribution in [2.45, 2.75) is 39.5 Å². The van der Waals surface area contributed by atoms with Gasteiger partial charge in [-0.3, -0.25) is 4.79 Å².